The SMILES string of the molecule is CCC1CN(C2CC2C)C(C(C)C)CN1. The predicted molar refractivity (Wildman–Crippen MR) is 65.0 cm³/mol. The molecule has 1 heterocycles. The number of nitrogens with one attached hydrogen (secondary N) is 1. The summed E-state index contributed by atoms with van der Waals surface area (Å²) in [5, 5.41) is 3.69. The van der Waals surface area contributed by atoms with E-state index in [2.05, 4.69) is 37.9 Å². The first-order chi connectivity index (χ1) is 7.13. The van der Waals surface area contributed by atoms with Gasteiger partial charge in [-0.1, -0.05) is 27.7 Å². The Bertz CT molecular complexity index is 215. The van der Waals surface area contributed by atoms with Crippen LogP contribution in [0.25, 0.3) is 0 Å². The Morgan fingerprint density at radius 1 is 1.40 bits per heavy atom. The molecule has 1 saturated carbocycles. The smallest absolute Gasteiger partial charge is 0.0247 e. The van der Waals surface area contributed by atoms with Crippen molar-refractivity contribution in [2.75, 3.05) is 13.1 Å². The van der Waals surface area contributed by atoms with Crippen molar-refractivity contribution in [3.63, 3.8) is 0 Å². The average molecular weight is 210 g/mol. The summed E-state index contributed by atoms with van der Waals surface area (Å²) >= 11 is 0. The molecule has 0 spiro atoms. The van der Waals surface area contributed by atoms with E-state index in [1.807, 2.05) is 0 Å². The predicted octanol–water partition coefficient (Wildman–Crippen LogP) is 2.10. The molecular formula is C13H26N2. The van der Waals surface area contributed by atoms with Gasteiger partial charge in [-0.3, -0.25) is 4.90 Å². The lowest BCUT2D eigenvalue weighted by Crippen LogP contribution is -2.58. The summed E-state index contributed by atoms with van der Waals surface area (Å²) < 4.78 is 0. The van der Waals surface area contributed by atoms with Crippen LogP contribution < -0.4 is 5.32 Å². The first kappa shape index (κ1) is 11.4. The quantitative estimate of drug-likeness (QED) is 0.767. The zero-order valence-corrected chi connectivity index (χ0v) is 10.7. The van der Waals surface area contributed by atoms with Gasteiger partial charge in [0.25, 0.3) is 0 Å². The van der Waals surface area contributed by atoms with Gasteiger partial charge in [0.15, 0.2) is 0 Å². The molecule has 1 aliphatic carbocycles. The topological polar surface area (TPSA) is 15.3 Å². The van der Waals surface area contributed by atoms with E-state index in [1.165, 1.54) is 25.9 Å². The minimum absolute atomic E-state index is 0.729. The molecule has 1 saturated heterocycles. The van der Waals surface area contributed by atoms with Gasteiger partial charge in [0.1, 0.15) is 0 Å². The van der Waals surface area contributed by atoms with Gasteiger partial charge in [0, 0.05) is 31.2 Å². The summed E-state index contributed by atoms with van der Waals surface area (Å²) in [4.78, 5) is 2.79. The minimum atomic E-state index is 0.729. The van der Waals surface area contributed by atoms with E-state index >= 15 is 0 Å². The number of rotatable bonds is 3. The molecule has 2 fully saturated rings. The molecule has 0 radical (unpaired) electrons. The van der Waals surface area contributed by atoms with Crippen molar-refractivity contribution in [2.45, 2.75) is 58.7 Å². The minimum Gasteiger partial charge on any atom is -0.311 e. The van der Waals surface area contributed by atoms with Gasteiger partial charge in [0.2, 0.25) is 0 Å². The van der Waals surface area contributed by atoms with Crippen LogP contribution in [-0.2, 0) is 0 Å². The van der Waals surface area contributed by atoms with Gasteiger partial charge in [-0.25, -0.2) is 0 Å². The molecule has 2 rings (SSSR count). The summed E-state index contributed by atoms with van der Waals surface area (Å²) in [6.07, 6.45) is 2.70. The fraction of sp³-hybridized carbons (Fsp3) is 1.00. The van der Waals surface area contributed by atoms with Crippen molar-refractivity contribution >= 4 is 0 Å². The fourth-order valence-electron chi connectivity index (χ4n) is 2.90. The standard InChI is InChI=1S/C13H26N2/c1-5-11-8-15(12-6-10(12)4)13(7-14-11)9(2)3/h9-14H,5-8H2,1-4H3. The molecule has 88 valence electrons. The van der Waals surface area contributed by atoms with E-state index < -0.39 is 0 Å². The third kappa shape index (κ3) is 2.36. The second-order valence-corrected chi connectivity index (χ2v) is 5.80. The Morgan fingerprint density at radius 2 is 2.07 bits per heavy atom. The van der Waals surface area contributed by atoms with Crippen LogP contribution in [0.4, 0.5) is 0 Å². The van der Waals surface area contributed by atoms with Crippen LogP contribution in [-0.4, -0.2) is 36.1 Å². The maximum absolute atomic E-state index is 3.69. The summed E-state index contributed by atoms with van der Waals surface area (Å²) in [5.41, 5.74) is 0. The Kier molecular flexibility index (Phi) is 3.36. The molecule has 1 aliphatic heterocycles. The van der Waals surface area contributed by atoms with E-state index in [-0.39, 0.29) is 0 Å². The van der Waals surface area contributed by atoms with E-state index in [0.717, 1.165) is 30.0 Å². The van der Waals surface area contributed by atoms with Crippen molar-refractivity contribution in [3.05, 3.63) is 0 Å². The summed E-state index contributed by atoms with van der Waals surface area (Å²) in [6.45, 7) is 11.9. The van der Waals surface area contributed by atoms with Crippen molar-refractivity contribution in [1.82, 2.24) is 10.2 Å². The molecule has 2 heteroatoms. The number of piperazine rings is 1. The molecule has 0 aromatic carbocycles. The van der Waals surface area contributed by atoms with Gasteiger partial charge in [-0.15, -0.1) is 0 Å². The fourth-order valence-corrected chi connectivity index (χ4v) is 2.90. The third-order valence-electron chi connectivity index (χ3n) is 4.23. The second kappa shape index (κ2) is 4.42. The second-order valence-electron chi connectivity index (χ2n) is 5.80. The Hall–Kier alpha value is -0.0800. The van der Waals surface area contributed by atoms with E-state index in [1.54, 1.807) is 0 Å². The van der Waals surface area contributed by atoms with Crippen LogP contribution in [0.15, 0.2) is 0 Å². The van der Waals surface area contributed by atoms with Crippen molar-refractivity contribution < 1.29 is 0 Å². The van der Waals surface area contributed by atoms with Crippen molar-refractivity contribution in [1.29, 1.82) is 0 Å². The third-order valence-corrected chi connectivity index (χ3v) is 4.23. The molecular weight excluding hydrogens is 184 g/mol. The lowest BCUT2D eigenvalue weighted by Gasteiger charge is -2.42. The molecule has 0 bridgehead atoms. The Balaban J connectivity index is 1.99. The highest BCUT2D eigenvalue weighted by Gasteiger charge is 2.43. The molecule has 0 aromatic heterocycles. The van der Waals surface area contributed by atoms with E-state index in [9.17, 15) is 0 Å². The number of hydrogen-bond acceptors (Lipinski definition) is 2. The van der Waals surface area contributed by atoms with Crippen molar-refractivity contribution in [3.8, 4) is 0 Å². The lowest BCUT2D eigenvalue weighted by molar-refractivity contribution is 0.0851. The molecule has 4 unspecified atom stereocenters. The molecule has 15 heavy (non-hydrogen) atoms. The molecule has 2 nitrogen and oxygen atoms in total. The van der Waals surface area contributed by atoms with E-state index in [0.29, 0.717) is 0 Å². The van der Waals surface area contributed by atoms with Gasteiger partial charge < -0.3 is 5.32 Å². The van der Waals surface area contributed by atoms with Gasteiger partial charge in [-0.05, 0) is 24.7 Å². The summed E-state index contributed by atoms with van der Waals surface area (Å²) in [7, 11) is 0. The summed E-state index contributed by atoms with van der Waals surface area (Å²) in [6, 6.07) is 2.39. The highest BCUT2D eigenvalue weighted by Crippen LogP contribution is 2.38. The van der Waals surface area contributed by atoms with Crippen molar-refractivity contribution in [2.24, 2.45) is 11.8 Å². The number of nitrogens with zero attached hydrogens (tertiary/aromatic N) is 1. The van der Waals surface area contributed by atoms with Gasteiger partial charge in [-0.2, -0.15) is 0 Å². The van der Waals surface area contributed by atoms with E-state index in [4.69, 9.17) is 0 Å². The van der Waals surface area contributed by atoms with Crippen LogP contribution in [0.3, 0.4) is 0 Å². The summed E-state index contributed by atoms with van der Waals surface area (Å²) in [5.74, 6) is 1.73. The van der Waals surface area contributed by atoms with Gasteiger partial charge in [0.05, 0.1) is 0 Å². The Labute approximate surface area is 94.4 Å². The first-order valence-electron chi connectivity index (χ1n) is 6.62. The number of hydrogen-bond donors (Lipinski definition) is 1. The highest BCUT2D eigenvalue weighted by atomic mass is 15.3. The molecule has 0 amide bonds. The monoisotopic (exact) mass is 210 g/mol. The highest BCUT2D eigenvalue weighted by molar-refractivity contribution is 4.99. The van der Waals surface area contributed by atoms with Crippen LogP contribution in [0, 0.1) is 11.8 Å². The zero-order chi connectivity index (χ0) is 11.0. The Morgan fingerprint density at radius 3 is 2.53 bits per heavy atom. The molecule has 1 N–H and O–H groups in total. The van der Waals surface area contributed by atoms with Crippen LogP contribution in [0.1, 0.15) is 40.5 Å². The molecule has 4 atom stereocenters. The average Bonchev–Trinajstić information content (AvgIpc) is 2.94. The van der Waals surface area contributed by atoms with Crippen LogP contribution >= 0.6 is 0 Å². The van der Waals surface area contributed by atoms with Crippen LogP contribution in [0.5, 0.6) is 0 Å². The largest absolute Gasteiger partial charge is 0.311 e. The maximum atomic E-state index is 3.69. The normalized spacial score (nSPS) is 42.2. The maximum Gasteiger partial charge on any atom is 0.0247 e. The van der Waals surface area contributed by atoms with Gasteiger partial charge >= 0.3 is 0 Å². The van der Waals surface area contributed by atoms with Crippen LogP contribution in [0.2, 0.25) is 0 Å². The molecule has 2 aliphatic rings. The lowest BCUT2D eigenvalue weighted by atomic mass is 9.97. The first-order valence-corrected chi connectivity index (χ1v) is 6.62. The molecule has 0 aromatic rings. The zero-order valence-electron chi connectivity index (χ0n) is 10.7.